The summed E-state index contributed by atoms with van der Waals surface area (Å²) < 4.78 is 0. The molecule has 2 fully saturated rings. The molecule has 0 aromatic heterocycles. The molecular formula is C16H22Cl2N2. The van der Waals surface area contributed by atoms with E-state index in [1.165, 1.54) is 31.2 Å². The molecule has 2 atom stereocenters. The summed E-state index contributed by atoms with van der Waals surface area (Å²) in [5.74, 6) is 0. The second-order valence-corrected chi connectivity index (χ2v) is 6.96. The predicted octanol–water partition coefficient (Wildman–Crippen LogP) is 4.27. The van der Waals surface area contributed by atoms with Gasteiger partial charge in [-0.25, -0.2) is 0 Å². The lowest BCUT2D eigenvalue weighted by atomic mass is 10.0. The van der Waals surface area contributed by atoms with Crippen LogP contribution in [0.5, 0.6) is 0 Å². The van der Waals surface area contributed by atoms with Gasteiger partial charge in [-0.15, -0.1) is 0 Å². The SMILES string of the molecule is CC(c1ccc(Cl)cc1Cl)N1CCCC(NC2CC2)C1. The lowest BCUT2D eigenvalue weighted by Crippen LogP contribution is -2.47. The molecule has 2 aliphatic rings. The van der Waals surface area contributed by atoms with Crippen molar-refractivity contribution in [2.45, 2.75) is 50.7 Å². The third-order valence-corrected chi connectivity index (χ3v) is 5.02. The van der Waals surface area contributed by atoms with E-state index in [1.807, 2.05) is 12.1 Å². The van der Waals surface area contributed by atoms with Crippen LogP contribution in [0.25, 0.3) is 0 Å². The van der Waals surface area contributed by atoms with Crippen LogP contribution in [0.4, 0.5) is 0 Å². The summed E-state index contributed by atoms with van der Waals surface area (Å²) in [7, 11) is 0. The highest BCUT2D eigenvalue weighted by atomic mass is 35.5. The van der Waals surface area contributed by atoms with E-state index in [0.29, 0.717) is 17.1 Å². The Hall–Kier alpha value is -0.280. The van der Waals surface area contributed by atoms with Crippen LogP contribution in [0.15, 0.2) is 18.2 Å². The molecule has 1 heterocycles. The monoisotopic (exact) mass is 312 g/mol. The average Bonchev–Trinajstić information content (AvgIpc) is 3.22. The van der Waals surface area contributed by atoms with E-state index in [4.69, 9.17) is 23.2 Å². The maximum absolute atomic E-state index is 6.35. The molecule has 1 aromatic rings. The normalized spacial score (nSPS) is 25.6. The molecule has 4 heteroatoms. The summed E-state index contributed by atoms with van der Waals surface area (Å²) in [4.78, 5) is 2.54. The lowest BCUT2D eigenvalue weighted by molar-refractivity contribution is 0.145. The first-order valence-electron chi connectivity index (χ1n) is 7.58. The quantitative estimate of drug-likeness (QED) is 0.893. The average molecular weight is 313 g/mol. The first kappa shape index (κ1) is 14.6. The third kappa shape index (κ3) is 3.48. The molecule has 0 bridgehead atoms. The zero-order chi connectivity index (χ0) is 14.1. The van der Waals surface area contributed by atoms with Gasteiger partial charge in [0.25, 0.3) is 0 Å². The molecule has 1 saturated carbocycles. The van der Waals surface area contributed by atoms with Crippen LogP contribution in [0.3, 0.4) is 0 Å². The summed E-state index contributed by atoms with van der Waals surface area (Å²) in [5, 5.41) is 5.24. The van der Waals surface area contributed by atoms with Crippen LogP contribution >= 0.6 is 23.2 Å². The smallest absolute Gasteiger partial charge is 0.0468 e. The first-order valence-corrected chi connectivity index (χ1v) is 8.34. The number of nitrogens with zero attached hydrogens (tertiary/aromatic N) is 1. The third-order valence-electron chi connectivity index (χ3n) is 4.46. The molecule has 1 N–H and O–H groups in total. The molecule has 1 aliphatic carbocycles. The van der Waals surface area contributed by atoms with Gasteiger partial charge in [0.05, 0.1) is 0 Å². The van der Waals surface area contributed by atoms with Crippen LogP contribution in [0.2, 0.25) is 10.0 Å². The van der Waals surface area contributed by atoms with Crippen molar-refractivity contribution in [1.29, 1.82) is 0 Å². The van der Waals surface area contributed by atoms with Gasteiger partial charge in [-0.3, -0.25) is 4.90 Å². The van der Waals surface area contributed by atoms with Gasteiger partial charge in [-0.05, 0) is 56.8 Å². The number of hydrogen-bond donors (Lipinski definition) is 1. The van der Waals surface area contributed by atoms with E-state index >= 15 is 0 Å². The summed E-state index contributed by atoms with van der Waals surface area (Å²) in [6, 6.07) is 7.62. The minimum atomic E-state index is 0.351. The zero-order valence-electron chi connectivity index (χ0n) is 11.9. The molecule has 1 aliphatic heterocycles. The standard InChI is InChI=1S/C16H22Cl2N2/c1-11(15-7-4-12(17)9-16(15)18)20-8-2-3-14(10-20)19-13-5-6-13/h4,7,9,11,13-14,19H,2-3,5-6,8,10H2,1H3. The topological polar surface area (TPSA) is 15.3 Å². The van der Waals surface area contributed by atoms with Crippen LogP contribution in [-0.2, 0) is 0 Å². The van der Waals surface area contributed by atoms with E-state index < -0.39 is 0 Å². The lowest BCUT2D eigenvalue weighted by Gasteiger charge is -2.37. The van der Waals surface area contributed by atoms with E-state index in [1.54, 1.807) is 0 Å². The Bertz CT molecular complexity index is 474. The molecule has 20 heavy (non-hydrogen) atoms. The van der Waals surface area contributed by atoms with Gasteiger partial charge in [-0.2, -0.15) is 0 Å². The number of hydrogen-bond acceptors (Lipinski definition) is 2. The van der Waals surface area contributed by atoms with Gasteiger partial charge >= 0.3 is 0 Å². The Morgan fingerprint density at radius 3 is 2.70 bits per heavy atom. The highest BCUT2D eigenvalue weighted by Crippen LogP contribution is 2.31. The molecule has 0 spiro atoms. The number of nitrogens with one attached hydrogen (secondary N) is 1. The molecule has 0 radical (unpaired) electrons. The van der Waals surface area contributed by atoms with E-state index in [0.717, 1.165) is 24.2 Å². The van der Waals surface area contributed by atoms with E-state index in [-0.39, 0.29) is 0 Å². The number of likely N-dealkylation sites (tertiary alicyclic amines) is 1. The molecule has 3 rings (SSSR count). The fourth-order valence-electron chi connectivity index (χ4n) is 3.11. The molecular weight excluding hydrogens is 291 g/mol. The Balaban J connectivity index is 1.67. The Labute approximate surface area is 131 Å². The van der Waals surface area contributed by atoms with Crippen molar-refractivity contribution in [3.8, 4) is 0 Å². The van der Waals surface area contributed by atoms with Crippen molar-refractivity contribution in [2.75, 3.05) is 13.1 Å². The number of piperidine rings is 1. The van der Waals surface area contributed by atoms with Gasteiger partial charge in [0, 0.05) is 34.7 Å². The number of halogens is 2. The number of rotatable bonds is 4. The Kier molecular flexibility index (Phi) is 4.56. The minimum Gasteiger partial charge on any atom is -0.310 e. The molecule has 2 nitrogen and oxygen atoms in total. The fourth-order valence-corrected chi connectivity index (χ4v) is 3.68. The van der Waals surface area contributed by atoms with Gasteiger partial charge in [0.1, 0.15) is 0 Å². The Morgan fingerprint density at radius 1 is 1.20 bits per heavy atom. The maximum atomic E-state index is 6.35. The van der Waals surface area contributed by atoms with Crippen LogP contribution in [0, 0.1) is 0 Å². The largest absolute Gasteiger partial charge is 0.310 e. The second-order valence-electron chi connectivity index (χ2n) is 6.12. The van der Waals surface area contributed by atoms with Crippen molar-refractivity contribution >= 4 is 23.2 Å². The van der Waals surface area contributed by atoms with Crippen LogP contribution < -0.4 is 5.32 Å². The maximum Gasteiger partial charge on any atom is 0.0468 e. The number of benzene rings is 1. The molecule has 1 aromatic carbocycles. The van der Waals surface area contributed by atoms with Crippen molar-refractivity contribution in [2.24, 2.45) is 0 Å². The molecule has 1 saturated heterocycles. The van der Waals surface area contributed by atoms with Gasteiger partial charge in [-0.1, -0.05) is 29.3 Å². The second kappa shape index (κ2) is 6.23. The minimum absolute atomic E-state index is 0.351. The van der Waals surface area contributed by atoms with Crippen LogP contribution in [0.1, 0.15) is 44.2 Å². The highest BCUT2D eigenvalue weighted by Gasteiger charge is 2.29. The fraction of sp³-hybridized carbons (Fsp3) is 0.625. The van der Waals surface area contributed by atoms with Crippen LogP contribution in [-0.4, -0.2) is 30.1 Å². The summed E-state index contributed by atoms with van der Waals surface area (Å²) in [5.41, 5.74) is 1.18. The van der Waals surface area contributed by atoms with Gasteiger partial charge < -0.3 is 5.32 Å². The molecule has 0 amide bonds. The predicted molar refractivity (Wildman–Crippen MR) is 85.6 cm³/mol. The van der Waals surface area contributed by atoms with Crippen molar-refractivity contribution in [3.05, 3.63) is 33.8 Å². The first-order chi connectivity index (χ1) is 9.63. The molecule has 2 unspecified atom stereocenters. The van der Waals surface area contributed by atoms with Gasteiger partial charge in [0.2, 0.25) is 0 Å². The molecule has 110 valence electrons. The van der Waals surface area contributed by atoms with E-state index in [9.17, 15) is 0 Å². The van der Waals surface area contributed by atoms with Gasteiger partial charge in [0.15, 0.2) is 0 Å². The summed E-state index contributed by atoms with van der Waals surface area (Å²) >= 11 is 12.3. The van der Waals surface area contributed by atoms with Crippen molar-refractivity contribution in [3.63, 3.8) is 0 Å². The Morgan fingerprint density at radius 2 is 2.00 bits per heavy atom. The van der Waals surface area contributed by atoms with Crippen molar-refractivity contribution in [1.82, 2.24) is 10.2 Å². The van der Waals surface area contributed by atoms with Crippen molar-refractivity contribution < 1.29 is 0 Å². The highest BCUT2D eigenvalue weighted by molar-refractivity contribution is 6.35. The summed E-state index contributed by atoms with van der Waals surface area (Å²) in [6.45, 7) is 4.52. The summed E-state index contributed by atoms with van der Waals surface area (Å²) in [6.07, 6.45) is 5.28. The van der Waals surface area contributed by atoms with E-state index in [2.05, 4.69) is 23.2 Å². The zero-order valence-corrected chi connectivity index (χ0v) is 13.4.